The first-order valence-corrected chi connectivity index (χ1v) is 25.5. The quantitative estimate of drug-likeness (QED) is 0.136. The predicted octanol–water partition coefficient (Wildman–Crippen LogP) is 19.5. The van der Waals surface area contributed by atoms with E-state index >= 15 is 0 Å². The Morgan fingerprint density at radius 1 is 0.189 bits per heavy atom. The Balaban J connectivity index is 0.896. The maximum atomic E-state index is 2.47. The van der Waals surface area contributed by atoms with Crippen LogP contribution < -0.4 is 0 Å². The normalized spacial score (nSPS) is 11.5. The van der Waals surface area contributed by atoms with E-state index in [0.29, 0.717) is 0 Å². The zero-order valence-corrected chi connectivity index (χ0v) is 40.6. The zero-order valence-electron chi connectivity index (χ0n) is 40.6. The minimum Gasteiger partial charge on any atom is -0.309 e. The fraction of sp³-hybridized carbons (Fsp3) is 0. The van der Waals surface area contributed by atoms with E-state index in [9.17, 15) is 0 Å². The van der Waals surface area contributed by atoms with E-state index < -0.39 is 0 Å². The largest absolute Gasteiger partial charge is 0.309 e. The van der Waals surface area contributed by atoms with Gasteiger partial charge in [-0.15, -0.1) is 0 Å². The van der Waals surface area contributed by atoms with Crippen molar-refractivity contribution in [3.05, 3.63) is 291 Å². The van der Waals surface area contributed by atoms with E-state index in [0.717, 1.165) is 11.4 Å². The fourth-order valence-corrected chi connectivity index (χ4v) is 11.4. The molecule has 14 aromatic rings. The molecule has 2 heterocycles. The molecule has 346 valence electrons. The van der Waals surface area contributed by atoms with Crippen LogP contribution in [0.1, 0.15) is 0 Å². The van der Waals surface area contributed by atoms with Crippen LogP contribution in [-0.2, 0) is 0 Å². The van der Waals surface area contributed by atoms with E-state index in [2.05, 4.69) is 300 Å². The molecule has 0 radical (unpaired) electrons. The molecule has 0 unspecified atom stereocenters. The molecular weight excluding hydrogens is 893 g/mol. The number of nitrogens with zero attached hydrogens (tertiary/aromatic N) is 2. The van der Waals surface area contributed by atoms with Gasteiger partial charge in [0.1, 0.15) is 0 Å². The van der Waals surface area contributed by atoms with Gasteiger partial charge >= 0.3 is 0 Å². The number of rotatable bonds is 9. The van der Waals surface area contributed by atoms with Gasteiger partial charge in [-0.2, -0.15) is 0 Å². The van der Waals surface area contributed by atoms with Crippen molar-refractivity contribution in [3.63, 3.8) is 0 Å². The van der Waals surface area contributed by atoms with Gasteiger partial charge in [-0.1, -0.05) is 224 Å². The van der Waals surface area contributed by atoms with Crippen molar-refractivity contribution in [3.8, 4) is 89.3 Å². The number of aromatic nitrogens is 2. The monoisotopic (exact) mass is 940 g/mol. The third kappa shape index (κ3) is 7.52. The van der Waals surface area contributed by atoms with Crippen molar-refractivity contribution < 1.29 is 0 Å². The smallest absolute Gasteiger partial charge is 0.0547 e. The highest BCUT2D eigenvalue weighted by Gasteiger charge is 2.20. The molecule has 2 nitrogen and oxygen atoms in total. The lowest BCUT2D eigenvalue weighted by molar-refractivity contribution is 1.18. The van der Waals surface area contributed by atoms with Crippen LogP contribution in [-0.4, -0.2) is 9.13 Å². The van der Waals surface area contributed by atoms with Crippen molar-refractivity contribution in [1.29, 1.82) is 0 Å². The minimum absolute atomic E-state index is 1.14. The molecule has 0 saturated heterocycles. The molecule has 0 aliphatic heterocycles. The Morgan fingerprint density at radius 3 is 1.07 bits per heavy atom. The summed E-state index contributed by atoms with van der Waals surface area (Å²) in [6.07, 6.45) is 0. The van der Waals surface area contributed by atoms with Crippen molar-refractivity contribution in [1.82, 2.24) is 9.13 Å². The highest BCUT2D eigenvalue weighted by Crippen LogP contribution is 2.43. The molecule has 2 heteroatoms. The molecule has 14 rings (SSSR count). The van der Waals surface area contributed by atoms with Gasteiger partial charge in [-0.3, -0.25) is 0 Å². The molecule has 0 aliphatic carbocycles. The second-order valence-electron chi connectivity index (χ2n) is 19.3. The lowest BCUT2D eigenvalue weighted by atomic mass is 9.96. The molecule has 0 spiro atoms. The minimum atomic E-state index is 1.14. The summed E-state index contributed by atoms with van der Waals surface area (Å²) in [6.45, 7) is 0. The highest BCUT2D eigenvalue weighted by molar-refractivity contribution is 6.17. The molecule has 0 saturated carbocycles. The summed E-state index contributed by atoms with van der Waals surface area (Å²) < 4.78 is 4.91. The Morgan fingerprint density at radius 2 is 0.554 bits per heavy atom. The van der Waals surface area contributed by atoms with Crippen molar-refractivity contribution in [2.24, 2.45) is 0 Å². The van der Waals surface area contributed by atoms with Crippen molar-refractivity contribution >= 4 is 43.6 Å². The average Bonchev–Trinajstić information content (AvgIpc) is 4.03. The first-order valence-electron chi connectivity index (χ1n) is 25.5. The molecule has 2 aromatic heterocycles. The second kappa shape index (κ2) is 18.1. The van der Waals surface area contributed by atoms with E-state index in [1.165, 1.54) is 122 Å². The molecule has 0 atom stereocenters. The molecule has 0 N–H and O–H groups in total. The summed E-state index contributed by atoms with van der Waals surface area (Å²) >= 11 is 0. The summed E-state index contributed by atoms with van der Waals surface area (Å²) in [5.41, 5.74) is 23.7. The zero-order chi connectivity index (χ0) is 49.0. The number of hydrogen-bond acceptors (Lipinski definition) is 0. The van der Waals surface area contributed by atoms with Crippen LogP contribution in [0.25, 0.3) is 133 Å². The first kappa shape index (κ1) is 43.1. The Bertz CT molecular complexity index is 4360. The molecular formula is C72H48N2. The molecule has 0 fully saturated rings. The van der Waals surface area contributed by atoms with E-state index in [-0.39, 0.29) is 0 Å². The average molecular weight is 941 g/mol. The SMILES string of the molecule is c1ccc(-c2cccc(-n3c4ccc(-c5ccc(-c6ccc7c(c6)c6cc(-c8ccccc8)ccc6n7-c6ccc(-c7ccccc7)cc6-c6ccccc6)cc5)cc4c4c(-c5ccccc5)cccc43)c2)cc1. The van der Waals surface area contributed by atoms with E-state index in [1.807, 2.05) is 0 Å². The van der Waals surface area contributed by atoms with Crippen LogP contribution >= 0.6 is 0 Å². The van der Waals surface area contributed by atoms with Gasteiger partial charge < -0.3 is 9.13 Å². The van der Waals surface area contributed by atoms with Crippen molar-refractivity contribution in [2.75, 3.05) is 0 Å². The van der Waals surface area contributed by atoms with Gasteiger partial charge in [0.15, 0.2) is 0 Å². The summed E-state index contributed by atoms with van der Waals surface area (Å²) in [4.78, 5) is 0. The van der Waals surface area contributed by atoms with Crippen LogP contribution in [0.4, 0.5) is 0 Å². The Kier molecular flexibility index (Phi) is 10.6. The first-order chi connectivity index (χ1) is 36.7. The highest BCUT2D eigenvalue weighted by atomic mass is 15.0. The lowest BCUT2D eigenvalue weighted by Gasteiger charge is -2.16. The van der Waals surface area contributed by atoms with Crippen LogP contribution in [0.5, 0.6) is 0 Å². The van der Waals surface area contributed by atoms with Crippen molar-refractivity contribution in [2.45, 2.75) is 0 Å². The van der Waals surface area contributed by atoms with Gasteiger partial charge in [-0.05, 0) is 139 Å². The number of fused-ring (bicyclic) bond motifs is 6. The molecule has 0 amide bonds. The van der Waals surface area contributed by atoms with Gasteiger partial charge in [0, 0.05) is 32.8 Å². The van der Waals surface area contributed by atoms with Gasteiger partial charge in [0.2, 0.25) is 0 Å². The third-order valence-corrected chi connectivity index (χ3v) is 14.9. The number of hydrogen-bond donors (Lipinski definition) is 0. The molecule has 12 aromatic carbocycles. The van der Waals surface area contributed by atoms with Gasteiger partial charge in [0.05, 0.1) is 27.8 Å². The third-order valence-electron chi connectivity index (χ3n) is 14.9. The van der Waals surface area contributed by atoms with Crippen LogP contribution in [0.15, 0.2) is 291 Å². The molecule has 0 aliphatic rings. The fourth-order valence-electron chi connectivity index (χ4n) is 11.4. The van der Waals surface area contributed by atoms with Crippen LogP contribution in [0.3, 0.4) is 0 Å². The Hall–Kier alpha value is -9.76. The van der Waals surface area contributed by atoms with Gasteiger partial charge in [0.25, 0.3) is 0 Å². The Labute approximate surface area is 431 Å². The summed E-state index contributed by atoms with van der Waals surface area (Å²) in [7, 11) is 0. The summed E-state index contributed by atoms with van der Waals surface area (Å²) in [5, 5.41) is 4.92. The maximum absolute atomic E-state index is 2.47. The van der Waals surface area contributed by atoms with E-state index in [1.54, 1.807) is 0 Å². The summed E-state index contributed by atoms with van der Waals surface area (Å²) in [6, 6.07) is 106. The van der Waals surface area contributed by atoms with Gasteiger partial charge in [-0.25, -0.2) is 0 Å². The molecule has 74 heavy (non-hydrogen) atoms. The summed E-state index contributed by atoms with van der Waals surface area (Å²) in [5.74, 6) is 0. The second-order valence-corrected chi connectivity index (χ2v) is 19.3. The predicted molar refractivity (Wildman–Crippen MR) is 313 cm³/mol. The molecule has 0 bridgehead atoms. The van der Waals surface area contributed by atoms with Crippen LogP contribution in [0, 0.1) is 0 Å². The topological polar surface area (TPSA) is 9.86 Å². The standard InChI is InChI=1S/C72H48N2/c1-6-18-49(19-7-1)56-28-16-29-61(44-56)73-70-43-39-60(48-66(70)72-62(30-17-31-71(72)73)54-24-12-4-13-25-54)53-34-32-52(33-35-53)59-38-42-69-65(47-59)64-46-58(51-22-10-3-11-23-51)37-41-68(64)74(69)67-40-36-57(50-20-8-2-9-21-50)45-63(67)55-26-14-5-15-27-55/h1-48H. The number of benzene rings is 12. The maximum Gasteiger partial charge on any atom is 0.0547 e. The van der Waals surface area contributed by atoms with E-state index in [4.69, 9.17) is 0 Å². The van der Waals surface area contributed by atoms with Crippen LogP contribution in [0.2, 0.25) is 0 Å². The lowest BCUT2D eigenvalue weighted by Crippen LogP contribution is -1.98.